The van der Waals surface area contributed by atoms with Crippen LogP contribution in [-0.2, 0) is 20.8 Å². The zero-order valence-corrected chi connectivity index (χ0v) is 15.2. The smallest absolute Gasteiger partial charge is 0.360 e. The SMILES string of the molecule is COCCN(Cc1nc(C(=O)OC)co1)C(=O)COc1ccc(Cl)cc1. The molecule has 0 fully saturated rings. The number of methoxy groups -OCH3 is 2. The van der Waals surface area contributed by atoms with Crippen LogP contribution in [0.15, 0.2) is 34.9 Å². The van der Waals surface area contributed by atoms with Gasteiger partial charge in [-0.25, -0.2) is 9.78 Å². The van der Waals surface area contributed by atoms with Gasteiger partial charge in [-0.15, -0.1) is 0 Å². The van der Waals surface area contributed by atoms with Crippen molar-refractivity contribution in [2.75, 3.05) is 34.0 Å². The number of nitrogens with zero attached hydrogens (tertiary/aromatic N) is 2. The maximum Gasteiger partial charge on any atom is 0.360 e. The van der Waals surface area contributed by atoms with Crippen LogP contribution in [0.25, 0.3) is 0 Å². The van der Waals surface area contributed by atoms with Gasteiger partial charge in [0.2, 0.25) is 5.89 Å². The van der Waals surface area contributed by atoms with Crippen LogP contribution in [0.4, 0.5) is 0 Å². The molecule has 0 unspecified atom stereocenters. The van der Waals surface area contributed by atoms with Gasteiger partial charge >= 0.3 is 5.97 Å². The molecule has 26 heavy (non-hydrogen) atoms. The lowest BCUT2D eigenvalue weighted by Gasteiger charge is -2.21. The van der Waals surface area contributed by atoms with Crippen LogP contribution < -0.4 is 4.74 Å². The molecule has 2 aromatic rings. The van der Waals surface area contributed by atoms with Gasteiger partial charge in [-0.1, -0.05) is 11.6 Å². The van der Waals surface area contributed by atoms with E-state index in [4.69, 9.17) is 25.5 Å². The monoisotopic (exact) mass is 382 g/mol. The number of ether oxygens (including phenoxy) is 3. The Labute approximate surface area is 155 Å². The molecule has 0 aliphatic heterocycles. The highest BCUT2D eigenvalue weighted by atomic mass is 35.5. The van der Waals surface area contributed by atoms with E-state index in [0.29, 0.717) is 23.9 Å². The molecule has 9 heteroatoms. The first-order valence-corrected chi connectivity index (χ1v) is 8.09. The number of carbonyl (C=O) groups excluding carboxylic acids is 2. The zero-order valence-electron chi connectivity index (χ0n) is 14.4. The molecule has 1 aromatic heterocycles. The summed E-state index contributed by atoms with van der Waals surface area (Å²) in [6, 6.07) is 6.69. The number of carbonyl (C=O) groups is 2. The van der Waals surface area contributed by atoms with Gasteiger partial charge in [0.25, 0.3) is 5.91 Å². The highest BCUT2D eigenvalue weighted by Gasteiger charge is 2.19. The number of halogens is 1. The Balaban J connectivity index is 1.98. The van der Waals surface area contributed by atoms with Crippen molar-refractivity contribution in [3.63, 3.8) is 0 Å². The summed E-state index contributed by atoms with van der Waals surface area (Å²) < 4.78 is 20.3. The lowest BCUT2D eigenvalue weighted by molar-refractivity contribution is -0.135. The highest BCUT2D eigenvalue weighted by molar-refractivity contribution is 6.30. The quantitative estimate of drug-likeness (QED) is 0.614. The van der Waals surface area contributed by atoms with E-state index in [1.54, 1.807) is 24.3 Å². The van der Waals surface area contributed by atoms with Crippen molar-refractivity contribution in [2.24, 2.45) is 0 Å². The third-order valence-corrected chi connectivity index (χ3v) is 3.62. The van der Waals surface area contributed by atoms with Crippen LogP contribution in [-0.4, -0.2) is 55.7 Å². The van der Waals surface area contributed by atoms with E-state index in [0.717, 1.165) is 0 Å². The number of hydrogen-bond acceptors (Lipinski definition) is 7. The van der Waals surface area contributed by atoms with Gasteiger partial charge in [-0.05, 0) is 24.3 Å². The van der Waals surface area contributed by atoms with Crippen molar-refractivity contribution in [2.45, 2.75) is 6.54 Å². The topological polar surface area (TPSA) is 91.1 Å². The molecule has 2 rings (SSSR count). The predicted molar refractivity (Wildman–Crippen MR) is 92.1 cm³/mol. The molecule has 1 amide bonds. The fourth-order valence-corrected chi connectivity index (χ4v) is 2.13. The third-order valence-electron chi connectivity index (χ3n) is 3.37. The summed E-state index contributed by atoms with van der Waals surface area (Å²) in [6.07, 6.45) is 1.18. The van der Waals surface area contributed by atoms with E-state index in [9.17, 15) is 9.59 Å². The molecular formula is C17H19ClN2O6. The second-order valence-electron chi connectivity index (χ2n) is 5.17. The van der Waals surface area contributed by atoms with Gasteiger partial charge in [0.1, 0.15) is 12.0 Å². The van der Waals surface area contributed by atoms with Crippen molar-refractivity contribution in [1.82, 2.24) is 9.88 Å². The fraction of sp³-hybridized carbons (Fsp3) is 0.353. The lowest BCUT2D eigenvalue weighted by atomic mass is 10.3. The Bertz CT molecular complexity index is 731. The van der Waals surface area contributed by atoms with E-state index in [2.05, 4.69) is 9.72 Å². The van der Waals surface area contributed by atoms with E-state index in [1.807, 2.05) is 0 Å². The van der Waals surface area contributed by atoms with Crippen molar-refractivity contribution in [1.29, 1.82) is 0 Å². The summed E-state index contributed by atoms with van der Waals surface area (Å²) in [5.74, 6) is -0.157. The number of oxazole rings is 1. The molecular weight excluding hydrogens is 364 g/mol. The average molecular weight is 383 g/mol. The summed E-state index contributed by atoms with van der Waals surface area (Å²) in [4.78, 5) is 29.3. The highest BCUT2D eigenvalue weighted by Crippen LogP contribution is 2.15. The summed E-state index contributed by atoms with van der Waals surface area (Å²) in [5, 5.41) is 0.579. The Kier molecular flexibility index (Phi) is 7.43. The molecule has 0 bridgehead atoms. The predicted octanol–water partition coefficient (Wildman–Crippen LogP) is 2.17. The Hall–Kier alpha value is -2.58. The minimum Gasteiger partial charge on any atom is -0.484 e. The molecule has 0 N–H and O–H groups in total. The minimum atomic E-state index is -0.610. The summed E-state index contributed by atoms with van der Waals surface area (Å²) in [7, 11) is 2.78. The third kappa shape index (κ3) is 5.75. The number of aromatic nitrogens is 1. The molecule has 0 aliphatic rings. The Morgan fingerprint density at radius 3 is 2.62 bits per heavy atom. The van der Waals surface area contributed by atoms with Gasteiger partial charge in [-0.2, -0.15) is 0 Å². The van der Waals surface area contributed by atoms with Crippen LogP contribution in [0.5, 0.6) is 5.75 Å². The first-order valence-electron chi connectivity index (χ1n) is 7.71. The summed E-state index contributed by atoms with van der Waals surface area (Å²) in [5.41, 5.74) is 0.0408. The number of hydrogen-bond donors (Lipinski definition) is 0. The molecule has 1 heterocycles. The second-order valence-corrected chi connectivity index (χ2v) is 5.61. The number of benzene rings is 1. The number of amides is 1. The zero-order chi connectivity index (χ0) is 18.9. The molecule has 0 aliphatic carbocycles. The van der Waals surface area contributed by atoms with Crippen molar-refractivity contribution in [3.05, 3.63) is 47.1 Å². The van der Waals surface area contributed by atoms with Crippen LogP contribution in [0, 0.1) is 0 Å². The number of esters is 1. The van der Waals surface area contributed by atoms with Gasteiger partial charge in [-0.3, -0.25) is 4.79 Å². The molecule has 140 valence electrons. The second kappa shape index (κ2) is 9.79. The first-order chi connectivity index (χ1) is 12.5. The minimum absolute atomic E-state index is 0.0408. The molecule has 0 atom stereocenters. The fourth-order valence-electron chi connectivity index (χ4n) is 2.01. The maximum absolute atomic E-state index is 12.4. The van der Waals surface area contributed by atoms with Crippen molar-refractivity contribution < 1.29 is 28.2 Å². The van der Waals surface area contributed by atoms with E-state index >= 15 is 0 Å². The standard InChI is InChI=1S/C17H19ClN2O6/c1-23-8-7-20(9-15-19-14(10-26-15)17(22)24-2)16(21)11-25-13-5-3-12(18)4-6-13/h3-6,10H,7-9,11H2,1-2H3. The molecule has 1 aromatic carbocycles. The van der Waals surface area contributed by atoms with Crippen molar-refractivity contribution >= 4 is 23.5 Å². The lowest BCUT2D eigenvalue weighted by Crippen LogP contribution is -2.37. The van der Waals surface area contributed by atoms with Crippen LogP contribution >= 0.6 is 11.6 Å². The van der Waals surface area contributed by atoms with Gasteiger partial charge in [0, 0.05) is 18.7 Å². The molecule has 0 saturated carbocycles. The molecule has 0 saturated heterocycles. The van der Waals surface area contributed by atoms with E-state index in [1.165, 1.54) is 25.4 Å². The first kappa shape index (κ1) is 19.7. The van der Waals surface area contributed by atoms with Crippen LogP contribution in [0.3, 0.4) is 0 Å². The largest absolute Gasteiger partial charge is 0.484 e. The normalized spacial score (nSPS) is 10.4. The maximum atomic E-state index is 12.4. The van der Waals surface area contributed by atoms with E-state index < -0.39 is 5.97 Å². The molecule has 0 spiro atoms. The molecule has 8 nitrogen and oxygen atoms in total. The van der Waals surface area contributed by atoms with Gasteiger partial charge < -0.3 is 23.5 Å². The van der Waals surface area contributed by atoms with Crippen molar-refractivity contribution in [3.8, 4) is 5.75 Å². The Morgan fingerprint density at radius 2 is 1.96 bits per heavy atom. The van der Waals surface area contributed by atoms with E-state index in [-0.39, 0.29) is 30.6 Å². The summed E-state index contributed by atoms with van der Waals surface area (Å²) >= 11 is 5.81. The van der Waals surface area contributed by atoms with Crippen LogP contribution in [0.2, 0.25) is 5.02 Å². The number of rotatable bonds is 9. The van der Waals surface area contributed by atoms with Gasteiger partial charge in [0.05, 0.1) is 20.3 Å². The van der Waals surface area contributed by atoms with Crippen LogP contribution in [0.1, 0.15) is 16.4 Å². The molecule has 0 radical (unpaired) electrons. The average Bonchev–Trinajstić information content (AvgIpc) is 3.12. The summed E-state index contributed by atoms with van der Waals surface area (Å²) in [6.45, 7) is 0.547. The van der Waals surface area contributed by atoms with Gasteiger partial charge in [0.15, 0.2) is 12.3 Å². The Morgan fingerprint density at radius 1 is 1.23 bits per heavy atom.